The summed E-state index contributed by atoms with van der Waals surface area (Å²) in [5, 5.41) is 3.39. The Kier molecular flexibility index (Phi) is 5.71. The summed E-state index contributed by atoms with van der Waals surface area (Å²) in [5.41, 5.74) is 0. The van der Waals surface area contributed by atoms with E-state index in [0.717, 1.165) is 11.4 Å². The van der Waals surface area contributed by atoms with Crippen LogP contribution in [0.5, 0.6) is 0 Å². The molecule has 0 aliphatic rings. The Hall–Kier alpha value is -0.670. The summed E-state index contributed by atoms with van der Waals surface area (Å²) in [6, 6.07) is 10.1. The molecule has 2 unspecified atom stereocenters. The zero-order chi connectivity index (χ0) is 12.0. The van der Waals surface area contributed by atoms with Gasteiger partial charge in [-0.25, -0.2) is 0 Å². The van der Waals surface area contributed by atoms with Gasteiger partial charge in [-0.15, -0.1) is 0 Å². The first-order valence-electron chi connectivity index (χ1n) is 5.78. The van der Waals surface area contributed by atoms with E-state index in [-0.39, 0.29) is 0 Å². The molecule has 0 saturated heterocycles. The van der Waals surface area contributed by atoms with Gasteiger partial charge < -0.3 is 5.32 Å². The van der Waals surface area contributed by atoms with Crippen molar-refractivity contribution in [2.75, 3.05) is 12.3 Å². The molecule has 0 radical (unpaired) electrons. The largest absolute Gasteiger partial charge is 0.313 e. The van der Waals surface area contributed by atoms with Crippen LogP contribution in [0.2, 0.25) is 0 Å². The van der Waals surface area contributed by atoms with Crippen molar-refractivity contribution in [3.05, 3.63) is 30.3 Å². The quantitative estimate of drug-likeness (QED) is 0.826. The van der Waals surface area contributed by atoms with E-state index in [2.05, 4.69) is 26.1 Å². The molecule has 1 rings (SSSR count). The van der Waals surface area contributed by atoms with Crippen molar-refractivity contribution in [1.29, 1.82) is 0 Å². The van der Waals surface area contributed by atoms with Crippen LogP contribution in [0, 0.1) is 5.92 Å². The molecule has 2 nitrogen and oxygen atoms in total. The second-order valence-corrected chi connectivity index (χ2v) is 5.92. The average Bonchev–Trinajstić information content (AvgIpc) is 2.29. The minimum Gasteiger partial charge on any atom is -0.313 e. The maximum atomic E-state index is 11.9. The molecule has 0 aromatic heterocycles. The predicted octanol–water partition coefficient (Wildman–Crippen LogP) is 2.43. The van der Waals surface area contributed by atoms with Crippen molar-refractivity contribution in [3.8, 4) is 0 Å². The fourth-order valence-corrected chi connectivity index (χ4v) is 2.30. The van der Waals surface area contributed by atoms with Gasteiger partial charge in [-0.3, -0.25) is 4.21 Å². The number of hydrogen-bond donors (Lipinski definition) is 1. The summed E-state index contributed by atoms with van der Waals surface area (Å²) >= 11 is 0. The summed E-state index contributed by atoms with van der Waals surface area (Å²) < 4.78 is 11.9. The highest BCUT2D eigenvalue weighted by Gasteiger charge is 2.07. The Morgan fingerprint density at radius 2 is 1.81 bits per heavy atom. The molecule has 0 bridgehead atoms. The van der Waals surface area contributed by atoms with Crippen LogP contribution in [0.15, 0.2) is 35.2 Å². The summed E-state index contributed by atoms with van der Waals surface area (Å²) in [7, 11) is -0.876. The van der Waals surface area contributed by atoms with Crippen molar-refractivity contribution in [2.45, 2.75) is 31.7 Å². The van der Waals surface area contributed by atoms with Crippen LogP contribution in [0.25, 0.3) is 0 Å². The van der Waals surface area contributed by atoms with Crippen LogP contribution >= 0.6 is 0 Å². The SMILES string of the molecule is CC(C)C(C)NCCS(=O)c1ccccc1. The Labute approximate surface area is 101 Å². The molecule has 0 spiro atoms. The Bertz CT molecular complexity index is 324. The maximum absolute atomic E-state index is 11.9. The molecule has 0 aliphatic carbocycles. The summed E-state index contributed by atoms with van der Waals surface area (Å²) in [4.78, 5) is 0.918. The van der Waals surface area contributed by atoms with E-state index in [4.69, 9.17) is 0 Å². The molecule has 16 heavy (non-hydrogen) atoms. The summed E-state index contributed by atoms with van der Waals surface area (Å²) in [6.07, 6.45) is 0. The first kappa shape index (κ1) is 13.4. The van der Waals surface area contributed by atoms with E-state index in [1.165, 1.54) is 0 Å². The monoisotopic (exact) mass is 239 g/mol. The molecule has 0 heterocycles. The van der Waals surface area contributed by atoms with Gasteiger partial charge in [0.2, 0.25) is 0 Å². The predicted molar refractivity (Wildman–Crippen MR) is 70.0 cm³/mol. The van der Waals surface area contributed by atoms with Crippen LogP contribution in [-0.2, 0) is 10.8 Å². The Morgan fingerprint density at radius 1 is 1.19 bits per heavy atom. The van der Waals surface area contributed by atoms with Crippen molar-refractivity contribution in [1.82, 2.24) is 5.32 Å². The van der Waals surface area contributed by atoms with Crippen molar-refractivity contribution in [2.24, 2.45) is 5.92 Å². The van der Waals surface area contributed by atoms with Crippen molar-refractivity contribution < 1.29 is 4.21 Å². The highest BCUT2D eigenvalue weighted by Crippen LogP contribution is 2.05. The third kappa shape index (κ3) is 4.45. The molecule has 0 amide bonds. The fraction of sp³-hybridized carbons (Fsp3) is 0.538. The first-order valence-corrected chi connectivity index (χ1v) is 7.10. The van der Waals surface area contributed by atoms with Gasteiger partial charge in [-0.05, 0) is 25.0 Å². The normalized spacial score (nSPS) is 15.0. The number of benzene rings is 1. The highest BCUT2D eigenvalue weighted by atomic mass is 32.2. The van der Waals surface area contributed by atoms with Crippen molar-refractivity contribution >= 4 is 10.8 Å². The molecule has 3 heteroatoms. The molecule has 1 aromatic rings. The number of hydrogen-bond acceptors (Lipinski definition) is 2. The topological polar surface area (TPSA) is 29.1 Å². The molecule has 2 atom stereocenters. The summed E-state index contributed by atoms with van der Waals surface area (Å²) in [6.45, 7) is 7.34. The maximum Gasteiger partial charge on any atom is 0.0542 e. The Balaban J connectivity index is 2.31. The molecular weight excluding hydrogens is 218 g/mol. The molecule has 90 valence electrons. The lowest BCUT2D eigenvalue weighted by Gasteiger charge is -2.17. The van der Waals surface area contributed by atoms with Gasteiger partial charge in [0.1, 0.15) is 0 Å². The third-order valence-electron chi connectivity index (χ3n) is 2.76. The highest BCUT2D eigenvalue weighted by molar-refractivity contribution is 7.85. The van der Waals surface area contributed by atoms with E-state index < -0.39 is 10.8 Å². The lowest BCUT2D eigenvalue weighted by molar-refractivity contribution is 0.438. The standard InChI is InChI=1S/C13H21NOS/c1-11(2)12(3)14-9-10-16(15)13-7-5-4-6-8-13/h4-8,11-12,14H,9-10H2,1-3H3. The lowest BCUT2D eigenvalue weighted by Crippen LogP contribution is -2.33. The zero-order valence-electron chi connectivity index (χ0n) is 10.3. The van der Waals surface area contributed by atoms with Gasteiger partial charge in [0.25, 0.3) is 0 Å². The molecule has 1 aromatic carbocycles. The van der Waals surface area contributed by atoms with E-state index in [0.29, 0.717) is 17.7 Å². The number of rotatable bonds is 6. The van der Waals surface area contributed by atoms with Gasteiger partial charge in [0.15, 0.2) is 0 Å². The van der Waals surface area contributed by atoms with Crippen LogP contribution < -0.4 is 5.32 Å². The minimum atomic E-state index is -0.876. The van der Waals surface area contributed by atoms with E-state index in [9.17, 15) is 4.21 Å². The van der Waals surface area contributed by atoms with Crippen LogP contribution in [0.4, 0.5) is 0 Å². The third-order valence-corrected chi connectivity index (χ3v) is 4.13. The van der Waals surface area contributed by atoms with Crippen LogP contribution in [-0.4, -0.2) is 22.5 Å². The molecule has 0 fully saturated rings. The molecule has 0 aliphatic heterocycles. The lowest BCUT2D eigenvalue weighted by atomic mass is 10.1. The smallest absolute Gasteiger partial charge is 0.0542 e. The van der Waals surface area contributed by atoms with Gasteiger partial charge in [0.05, 0.1) is 10.8 Å². The molecule has 0 saturated carbocycles. The number of nitrogens with one attached hydrogen (secondary N) is 1. The summed E-state index contributed by atoms with van der Waals surface area (Å²) in [5.74, 6) is 1.30. The van der Waals surface area contributed by atoms with E-state index in [1.807, 2.05) is 30.3 Å². The van der Waals surface area contributed by atoms with E-state index >= 15 is 0 Å². The van der Waals surface area contributed by atoms with Gasteiger partial charge >= 0.3 is 0 Å². The Morgan fingerprint density at radius 3 is 2.38 bits per heavy atom. The van der Waals surface area contributed by atoms with Crippen LogP contribution in [0.3, 0.4) is 0 Å². The van der Waals surface area contributed by atoms with Crippen molar-refractivity contribution in [3.63, 3.8) is 0 Å². The van der Waals surface area contributed by atoms with Gasteiger partial charge in [0, 0.05) is 23.2 Å². The van der Waals surface area contributed by atoms with E-state index in [1.54, 1.807) is 0 Å². The van der Waals surface area contributed by atoms with Gasteiger partial charge in [-0.1, -0.05) is 32.0 Å². The average molecular weight is 239 g/mol. The second-order valence-electron chi connectivity index (χ2n) is 4.35. The fourth-order valence-electron chi connectivity index (χ4n) is 1.31. The molecular formula is C13H21NOS. The first-order chi connectivity index (χ1) is 7.61. The minimum absolute atomic E-state index is 0.479. The van der Waals surface area contributed by atoms with Gasteiger partial charge in [-0.2, -0.15) is 0 Å². The molecule has 1 N–H and O–H groups in total. The zero-order valence-corrected chi connectivity index (χ0v) is 11.1. The second kappa shape index (κ2) is 6.81. The van der Waals surface area contributed by atoms with Crippen LogP contribution in [0.1, 0.15) is 20.8 Å².